The van der Waals surface area contributed by atoms with Crippen molar-refractivity contribution in [3.8, 4) is 0 Å². The van der Waals surface area contributed by atoms with Crippen molar-refractivity contribution in [1.29, 1.82) is 0 Å². The summed E-state index contributed by atoms with van der Waals surface area (Å²) in [5.41, 5.74) is 9.03. The summed E-state index contributed by atoms with van der Waals surface area (Å²) in [6.45, 7) is 8.80. The summed E-state index contributed by atoms with van der Waals surface area (Å²) in [5.74, 6) is 0.443. The zero-order chi connectivity index (χ0) is 14.4. The van der Waals surface area contributed by atoms with Crippen LogP contribution in [-0.2, 0) is 0 Å². The molecule has 1 aromatic rings. The number of rotatable bonds is 6. The Bertz CT molecular complexity index is 425. The number of hydrogen-bond donors (Lipinski definition) is 2. The molecular formula is C16H26N2O. The standard InChI is InChI=1S/C16H26N2O/c1-5-13(6-2)15(17)10-18-16(19)14-8-7-11(3)9-12(14)4/h7-9,13,15H,5-6,10,17H2,1-4H3,(H,18,19). The number of carbonyl (C=O) groups is 1. The Hall–Kier alpha value is -1.35. The van der Waals surface area contributed by atoms with E-state index >= 15 is 0 Å². The van der Waals surface area contributed by atoms with E-state index in [0.29, 0.717) is 12.5 Å². The zero-order valence-electron chi connectivity index (χ0n) is 12.5. The molecule has 0 aliphatic rings. The van der Waals surface area contributed by atoms with Gasteiger partial charge in [-0.2, -0.15) is 0 Å². The quantitative estimate of drug-likeness (QED) is 0.828. The van der Waals surface area contributed by atoms with Gasteiger partial charge in [-0.3, -0.25) is 4.79 Å². The lowest BCUT2D eigenvalue weighted by molar-refractivity contribution is 0.0947. The van der Waals surface area contributed by atoms with Gasteiger partial charge in [0.1, 0.15) is 0 Å². The molecule has 0 saturated carbocycles. The van der Waals surface area contributed by atoms with Gasteiger partial charge in [-0.15, -0.1) is 0 Å². The second-order valence-electron chi connectivity index (χ2n) is 5.27. The molecule has 0 aromatic heterocycles. The molecule has 0 saturated heterocycles. The summed E-state index contributed by atoms with van der Waals surface area (Å²) in [4.78, 5) is 12.1. The Morgan fingerprint density at radius 2 is 1.89 bits per heavy atom. The number of aryl methyl sites for hydroxylation is 2. The molecule has 1 rings (SSSR count). The number of nitrogens with one attached hydrogen (secondary N) is 1. The summed E-state index contributed by atoms with van der Waals surface area (Å²) in [6, 6.07) is 5.89. The molecule has 0 radical (unpaired) electrons. The van der Waals surface area contributed by atoms with Crippen LogP contribution in [0.15, 0.2) is 18.2 Å². The minimum Gasteiger partial charge on any atom is -0.350 e. The lowest BCUT2D eigenvalue weighted by atomic mass is 9.95. The lowest BCUT2D eigenvalue weighted by Crippen LogP contribution is -2.42. The fourth-order valence-electron chi connectivity index (χ4n) is 2.43. The van der Waals surface area contributed by atoms with Crippen molar-refractivity contribution in [2.45, 2.75) is 46.6 Å². The van der Waals surface area contributed by atoms with Gasteiger partial charge in [0.25, 0.3) is 5.91 Å². The van der Waals surface area contributed by atoms with Crippen LogP contribution in [-0.4, -0.2) is 18.5 Å². The van der Waals surface area contributed by atoms with Crippen LogP contribution in [0.5, 0.6) is 0 Å². The smallest absolute Gasteiger partial charge is 0.251 e. The van der Waals surface area contributed by atoms with Crippen LogP contribution in [0.25, 0.3) is 0 Å². The van der Waals surface area contributed by atoms with E-state index in [4.69, 9.17) is 5.73 Å². The summed E-state index contributed by atoms with van der Waals surface area (Å²) in [7, 11) is 0. The van der Waals surface area contributed by atoms with E-state index < -0.39 is 0 Å². The molecular weight excluding hydrogens is 236 g/mol. The second kappa shape index (κ2) is 7.29. The van der Waals surface area contributed by atoms with E-state index in [2.05, 4.69) is 19.2 Å². The predicted octanol–water partition coefficient (Wildman–Crippen LogP) is 2.80. The van der Waals surface area contributed by atoms with Crippen molar-refractivity contribution in [2.24, 2.45) is 11.7 Å². The first-order valence-corrected chi connectivity index (χ1v) is 7.10. The normalized spacial score (nSPS) is 12.5. The van der Waals surface area contributed by atoms with Gasteiger partial charge in [-0.05, 0) is 31.4 Å². The molecule has 3 heteroatoms. The van der Waals surface area contributed by atoms with Gasteiger partial charge in [-0.25, -0.2) is 0 Å². The SMILES string of the molecule is CCC(CC)C(N)CNC(=O)c1ccc(C)cc1C. The molecule has 19 heavy (non-hydrogen) atoms. The molecule has 0 fully saturated rings. The van der Waals surface area contributed by atoms with Gasteiger partial charge in [0.05, 0.1) is 0 Å². The fraction of sp³-hybridized carbons (Fsp3) is 0.562. The average Bonchev–Trinajstić information content (AvgIpc) is 2.37. The van der Waals surface area contributed by atoms with E-state index in [1.54, 1.807) is 0 Å². The van der Waals surface area contributed by atoms with E-state index in [0.717, 1.165) is 24.0 Å². The third-order valence-corrected chi connectivity index (χ3v) is 3.78. The Labute approximate surface area is 116 Å². The Morgan fingerprint density at radius 3 is 2.42 bits per heavy atom. The van der Waals surface area contributed by atoms with Crippen molar-refractivity contribution in [1.82, 2.24) is 5.32 Å². The molecule has 3 nitrogen and oxygen atoms in total. The molecule has 0 aliphatic carbocycles. The monoisotopic (exact) mass is 262 g/mol. The minimum atomic E-state index is -0.0288. The molecule has 1 amide bonds. The number of carbonyl (C=O) groups excluding carboxylic acids is 1. The minimum absolute atomic E-state index is 0.0288. The number of amides is 1. The predicted molar refractivity (Wildman–Crippen MR) is 80.3 cm³/mol. The van der Waals surface area contributed by atoms with Crippen LogP contribution < -0.4 is 11.1 Å². The van der Waals surface area contributed by atoms with Gasteiger partial charge < -0.3 is 11.1 Å². The van der Waals surface area contributed by atoms with Crippen molar-refractivity contribution in [3.63, 3.8) is 0 Å². The number of nitrogens with two attached hydrogens (primary N) is 1. The van der Waals surface area contributed by atoms with Crippen molar-refractivity contribution < 1.29 is 4.79 Å². The molecule has 0 aliphatic heterocycles. The van der Waals surface area contributed by atoms with E-state index in [1.807, 2.05) is 32.0 Å². The second-order valence-corrected chi connectivity index (χ2v) is 5.27. The topological polar surface area (TPSA) is 55.1 Å². The van der Waals surface area contributed by atoms with Gasteiger partial charge >= 0.3 is 0 Å². The number of benzene rings is 1. The van der Waals surface area contributed by atoms with Crippen molar-refractivity contribution in [3.05, 3.63) is 34.9 Å². The van der Waals surface area contributed by atoms with Crippen molar-refractivity contribution in [2.75, 3.05) is 6.54 Å². The first-order chi connectivity index (χ1) is 8.99. The van der Waals surface area contributed by atoms with Gasteiger partial charge in [-0.1, -0.05) is 44.4 Å². The highest BCUT2D eigenvalue weighted by Gasteiger charge is 2.16. The highest BCUT2D eigenvalue weighted by Crippen LogP contribution is 2.12. The van der Waals surface area contributed by atoms with Crippen LogP contribution in [0.3, 0.4) is 0 Å². The highest BCUT2D eigenvalue weighted by atomic mass is 16.1. The van der Waals surface area contributed by atoms with Gasteiger partial charge in [0.2, 0.25) is 0 Å². The van der Waals surface area contributed by atoms with E-state index in [1.165, 1.54) is 5.56 Å². The summed E-state index contributed by atoms with van der Waals surface area (Å²) < 4.78 is 0. The van der Waals surface area contributed by atoms with Crippen molar-refractivity contribution >= 4 is 5.91 Å². The first kappa shape index (κ1) is 15.7. The first-order valence-electron chi connectivity index (χ1n) is 7.10. The zero-order valence-corrected chi connectivity index (χ0v) is 12.5. The van der Waals surface area contributed by atoms with Gasteiger partial charge in [0, 0.05) is 18.2 Å². The summed E-state index contributed by atoms with van der Waals surface area (Å²) in [5, 5.41) is 2.94. The maximum atomic E-state index is 12.1. The third-order valence-electron chi connectivity index (χ3n) is 3.78. The van der Waals surface area contributed by atoms with Crippen LogP contribution in [0.2, 0.25) is 0 Å². The van der Waals surface area contributed by atoms with E-state index in [-0.39, 0.29) is 11.9 Å². The average molecular weight is 262 g/mol. The molecule has 0 spiro atoms. The molecule has 1 aromatic carbocycles. The Morgan fingerprint density at radius 1 is 1.26 bits per heavy atom. The Kier molecular flexibility index (Phi) is 6.03. The van der Waals surface area contributed by atoms with Gasteiger partial charge in [0.15, 0.2) is 0 Å². The van der Waals surface area contributed by atoms with Crippen LogP contribution >= 0.6 is 0 Å². The van der Waals surface area contributed by atoms with Crippen LogP contribution in [0.1, 0.15) is 48.2 Å². The molecule has 106 valence electrons. The maximum Gasteiger partial charge on any atom is 0.251 e. The van der Waals surface area contributed by atoms with E-state index in [9.17, 15) is 4.79 Å². The lowest BCUT2D eigenvalue weighted by Gasteiger charge is -2.21. The summed E-state index contributed by atoms with van der Waals surface area (Å²) >= 11 is 0. The maximum absolute atomic E-state index is 12.1. The molecule has 0 heterocycles. The largest absolute Gasteiger partial charge is 0.350 e. The summed E-state index contributed by atoms with van der Waals surface area (Å²) in [6.07, 6.45) is 2.11. The fourth-order valence-corrected chi connectivity index (χ4v) is 2.43. The van der Waals surface area contributed by atoms with Crippen LogP contribution in [0, 0.1) is 19.8 Å². The highest BCUT2D eigenvalue weighted by molar-refractivity contribution is 5.95. The molecule has 0 bridgehead atoms. The molecule has 1 unspecified atom stereocenters. The third kappa shape index (κ3) is 4.35. The Balaban J connectivity index is 2.60. The number of hydrogen-bond acceptors (Lipinski definition) is 2. The molecule has 1 atom stereocenters. The molecule has 3 N–H and O–H groups in total. The van der Waals surface area contributed by atoms with Crippen LogP contribution in [0.4, 0.5) is 0 Å².